The fourth-order valence-electron chi connectivity index (χ4n) is 4.04. The second kappa shape index (κ2) is 5.94. The lowest BCUT2D eigenvalue weighted by atomic mass is 10.0. The number of amides is 1. The third-order valence-corrected chi connectivity index (χ3v) is 5.76. The van der Waals surface area contributed by atoms with Crippen LogP contribution in [-0.2, 0) is 7.05 Å². The molecule has 6 heteroatoms. The second-order valence-corrected chi connectivity index (χ2v) is 7.91. The van der Waals surface area contributed by atoms with Crippen molar-refractivity contribution in [3.8, 4) is 0 Å². The van der Waals surface area contributed by atoms with Crippen molar-refractivity contribution in [2.75, 3.05) is 0 Å². The number of carbonyl (C=O) groups excluding carboxylic acids is 1. The molecule has 3 heterocycles. The fraction of sp³-hybridized carbons (Fsp3) is 0.476. The number of nitrogens with zero attached hydrogens (tertiary/aromatic N) is 4. The summed E-state index contributed by atoms with van der Waals surface area (Å²) in [6, 6.07) is 6.02. The molecule has 3 aromatic rings. The molecule has 3 aromatic heterocycles. The highest BCUT2D eigenvalue weighted by Gasteiger charge is 2.39. The Morgan fingerprint density at radius 2 is 2.11 bits per heavy atom. The molecule has 1 amide bonds. The summed E-state index contributed by atoms with van der Waals surface area (Å²) in [5, 5.41) is 5.41. The van der Waals surface area contributed by atoms with Crippen LogP contribution in [0.25, 0.3) is 11.0 Å². The van der Waals surface area contributed by atoms with E-state index in [2.05, 4.69) is 5.10 Å². The van der Waals surface area contributed by atoms with Gasteiger partial charge in [0.05, 0.1) is 28.9 Å². The normalized spacial score (nSPS) is 18.0. The molecule has 0 aromatic carbocycles. The number of carbonyl (C=O) groups is 1. The van der Waals surface area contributed by atoms with Gasteiger partial charge >= 0.3 is 0 Å². The van der Waals surface area contributed by atoms with Crippen LogP contribution in [0.3, 0.4) is 0 Å². The quantitative estimate of drug-likeness (QED) is 0.683. The molecule has 1 atom stereocenters. The highest BCUT2D eigenvalue weighted by molar-refractivity contribution is 6.07. The third-order valence-electron chi connectivity index (χ3n) is 5.76. The van der Waals surface area contributed by atoms with E-state index in [0.29, 0.717) is 5.92 Å². The van der Waals surface area contributed by atoms with E-state index in [9.17, 15) is 4.79 Å². The summed E-state index contributed by atoms with van der Waals surface area (Å²) in [5.41, 5.74) is 3.42. The smallest absolute Gasteiger partial charge is 0.255 e. The van der Waals surface area contributed by atoms with Crippen molar-refractivity contribution in [1.82, 2.24) is 19.7 Å². The van der Waals surface area contributed by atoms with Gasteiger partial charge < -0.3 is 9.32 Å². The zero-order valence-electron chi connectivity index (χ0n) is 16.0. The summed E-state index contributed by atoms with van der Waals surface area (Å²) < 4.78 is 7.40. The van der Waals surface area contributed by atoms with Gasteiger partial charge in [0, 0.05) is 24.7 Å². The molecule has 2 fully saturated rings. The predicted octanol–water partition coefficient (Wildman–Crippen LogP) is 4.11. The average Bonchev–Trinajstić information content (AvgIpc) is 3.58. The predicted molar refractivity (Wildman–Crippen MR) is 102 cm³/mol. The highest BCUT2D eigenvalue weighted by atomic mass is 16.3. The van der Waals surface area contributed by atoms with Crippen molar-refractivity contribution < 1.29 is 9.21 Å². The largest absolute Gasteiger partial charge is 0.467 e. The van der Waals surface area contributed by atoms with E-state index in [1.54, 1.807) is 10.9 Å². The Kier molecular flexibility index (Phi) is 3.64. The Morgan fingerprint density at radius 1 is 1.33 bits per heavy atom. The standard InChI is InChI=1S/C21H24N4O2/c1-12-19-16(11-17(14-6-7-14)22-20(19)24(3)23-12)21(26)25(15-8-9-15)13(2)18-5-4-10-27-18/h4-5,10-11,13-15H,6-9H2,1-3H3. The lowest BCUT2D eigenvalue weighted by Crippen LogP contribution is -2.35. The van der Waals surface area contributed by atoms with Crippen LogP contribution in [0, 0.1) is 6.92 Å². The lowest BCUT2D eigenvalue weighted by Gasteiger charge is -2.28. The van der Waals surface area contributed by atoms with Crippen molar-refractivity contribution in [2.24, 2.45) is 7.05 Å². The molecular formula is C21H24N4O2. The van der Waals surface area contributed by atoms with Crippen molar-refractivity contribution >= 4 is 16.9 Å². The van der Waals surface area contributed by atoms with E-state index < -0.39 is 0 Å². The Hall–Kier alpha value is -2.63. The molecule has 0 N–H and O–H groups in total. The Labute approximate surface area is 158 Å². The van der Waals surface area contributed by atoms with Gasteiger partial charge in [0.2, 0.25) is 0 Å². The first-order chi connectivity index (χ1) is 13.0. The van der Waals surface area contributed by atoms with Crippen LogP contribution in [0.1, 0.15) is 72.1 Å². The summed E-state index contributed by atoms with van der Waals surface area (Å²) >= 11 is 0. The van der Waals surface area contributed by atoms with Crippen LogP contribution in [0.2, 0.25) is 0 Å². The molecule has 0 aliphatic heterocycles. The number of rotatable bonds is 5. The topological polar surface area (TPSA) is 64.2 Å². The van der Waals surface area contributed by atoms with Crippen LogP contribution < -0.4 is 0 Å². The van der Waals surface area contributed by atoms with Gasteiger partial charge in [-0.05, 0) is 57.7 Å². The maximum atomic E-state index is 13.8. The average molecular weight is 364 g/mol. The van der Waals surface area contributed by atoms with Gasteiger partial charge in [-0.2, -0.15) is 5.10 Å². The van der Waals surface area contributed by atoms with Crippen LogP contribution >= 0.6 is 0 Å². The first-order valence-corrected chi connectivity index (χ1v) is 9.75. The Bertz CT molecular complexity index is 1010. The number of hydrogen-bond donors (Lipinski definition) is 0. The van der Waals surface area contributed by atoms with Gasteiger partial charge in [0.1, 0.15) is 5.76 Å². The molecule has 140 valence electrons. The first-order valence-electron chi connectivity index (χ1n) is 9.75. The Morgan fingerprint density at radius 3 is 2.74 bits per heavy atom. The number of furan rings is 1. The van der Waals surface area contributed by atoms with Gasteiger partial charge in [-0.1, -0.05) is 0 Å². The second-order valence-electron chi connectivity index (χ2n) is 7.91. The minimum absolute atomic E-state index is 0.0619. The molecule has 6 nitrogen and oxygen atoms in total. The molecule has 0 radical (unpaired) electrons. The van der Waals surface area contributed by atoms with Crippen LogP contribution in [0.15, 0.2) is 28.9 Å². The first kappa shape index (κ1) is 16.5. The van der Waals surface area contributed by atoms with Crippen LogP contribution in [-0.4, -0.2) is 31.6 Å². The minimum atomic E-state index is -0.0930. The van der Waals surface area contributed by atoms with Gasteiger partial charge in [-0.3, -0.25) is 9.48 Å². The molecule has 5 rings (SSSR count). The van der Waals surface area contributed by atoms with E-state index in [-0.39, 0.29) is 18.0 Å². The summed E-state index contributed by atoms with van der Waals surface area (Å²) in [5.74, 6) is 1.37. The maximum absolute atomic E-state index is 13.8. The summed E-state index contributed by atoms with van der Waals surface area (Å²) in [6.07, 6.45) is 6.07. The molecule has 0 bridgehead atoms. The van der Waals surface area contributed by atoms with Crippen LogP contribution in [0.5, 0.6) is 0 Å². The SMILES string of the molecule is Cc1nn(C)c2nc(C3CC3)cc(C(=O)N(C3CC3)C(C)c3ccco3)c12. The molecular weight excluding hydrogens is 340 g/mol. The van der Waals surface area contributed by atoms with Crippen molar-refractivity contribution in [1.29, 1.82) is 0 Å². The zero-order chi connectivity index (χ0) is 18.7. The Balaban J connectivity index is 1.63. The molecule has 1 unspecified atom stereocenters. The van der Waals surface area contributed by atoms with Gasteiger partial charge in [0.15, 0.2) is 5.65 Å². The minimum Gasteiger partial charge on any atom is -0.467 e. The van der Waals surface area contributed by atoms with Crippen LogP contribution in [0.4, 0.5) is 0 Å². The maximum Gasteiger partial charge on any atom is 0.255 e. The van der Waals surface area contributed by atoms with Crippen molar-refractivity contribution in [3.63, 3.8) is 0 Å². The van der Waals surface area contributed by atoms with Crippen molar-refractivity contribution in [2.45, 2.75) is 57.5 Å². The van der Waals surface area contributed by atoms with E-state index in [0.717, 1.165) is 59.4 Å². The number of pyridine rings is 1. The van der Waals surface area contributed by atoms with E-state index in [1.165, 1.54) is 0 Å². The number of fused-ring (bicyclic) bond motifs is 1. The summed E-state index contributed by atoms with van der Waals surface area (Å²) in [4.78, 5) is 20.6. The molecule has 2 aliphatic carbocycles. The van der Waals surface area contributed by atoms with Gasteiger partial charge in [0.25, 0.3) is 5.91 Å². The molecule has 2 aliphatic rings. The van der Waals surface area contributed by atoms with E-state index in [4.69, 9.17) is 9.40 Å². The lowest BCUT2D eigenvalue weighted by molar-refractivity contribution is 0.0654. The number of aromatic nitrogens is 3. The van der Waals surface area contributed by atoms with Gasteiger partial charge in [-0.25, -0.2) is 4.98 Å². The number of hydrogen-bond acceptors (Lipinski definition) is 4. The molecule has 0 saturated heterocycles. The monoisotopic (exact) mass is 364 g/mol. The van der Waals surface area contributed by atoms with E-state index in [1.807, 2.05) is 44.0 Å². The molecule has 27 heavy (non-hydrogen) atoms. The molecule has 2 saturated carbocycles. The number of aryl methyl sites for hydroxylation is 2. The molecule has 0 spiro atoms. The fourth-order valence-corrected chi connectivity index (χ4v) is 4.04. The van der Waals surface area contributed by atoms with Crippen molar-refractivity contribution in [3.05, 3.63) is 47.2 Å². The van der Waals surface area contributed by atoms with Gasteiger partial charge in [-0.15, -0.1) is 0 Å². The summed E-state index contributed by atoms with van der Waals surface area (Å²) in [6.45, 7) is 4.00. The zero-order valence-corrected chi connectivity index (χ0v) is 16.0. The van der Waals surface area contributed by atoms with E-state index >= 15 is 0 Å². The highest BCUT2D eigenvalue weighted by Crippen LogP contribution is 2.42. The third kappa shape index (κ3) is 2.74. The summed E-state index contributed by atoms with van der Waals surface area (Å²) in [7, 11) is 1.90.